The number of benzene rings is 2. The second kappa shape index (κ2) is 13.1. The molecule has 37 heavy (non-hydrogen) atoms. The summed E-state index contributed by atoms with van der Waals surface area (Å²) in [6.07, 6.45) is 8.20. The molecule has 1 heterocycles. The first-order valence-corrected chi connectivity index (χ1v) is 13.4. The predicted molar refractivity (Wildman–Crippen MR) is 142 cm³/mol. The van der Waals surface area contributed by atoms with Gasteiger partial charge in [-0.1, -0.05) is 50.3 Å². The van der Waals surface area contributed by atoms with Gasteiger partial charge in [0.25, 0.3) is 5.91 Å². The minimum Gasteiger partial charge on any atom is -0.494 e. The Kier molecular flexibility index (Phi) is 9.40. The Bertz CT molecular complexity index is 1060. The third kappa shape index (κ3) is 7.97. The number of nitrogens with one attached hydrogen (secondary N) is 1. The van der Waals surface area contributed by atoms with Crippen LogP contribution in [0.25, 0.3) is 0 Å². The van der Waals surface area contributed by atoms with Crippen molar-refractivity contribution in [3.63, 3.8) is 0 Å². The number of carboxylic acids is 1. The Hall–Kier alpha value is -3.55. The van der Waals surface area contributed by atoms with Gasteiger partial charge < -0.3 is 25.0 Å². The van der Waals surface area contributed by atoms with Crippen LogP contribution in [0.5, 0.6) is 5.75 Å². The summed E-state index contributed by atoms with van der Waals surface area (Å²) >= 11 is 0. The fourth-order valence-corrected chi connectivity index (χ4v) is 5.04. The van der Waals surface area contributed by atoms with E-state index in [9.17, 15) is 14.4 Å². The molecule has 8 heteroatoms. The zero-order valence-electron chi connectivity index (χ0n) is 21.4. The summed E-state index contributed by atoms with van der Waals surface area (Å²) in [5.74, 6) is 0.611. The van der Waals surface area contributed by atoms with Crippen LogP contribution in [-0.2, 0) is 11.2 Å². The van der Waals surface area contributed by atoms with Crippen LogP contribution in [-0.4, -0.2) is 65.6 Å². The van der Waals surface area contributed by atoms with E-state index in [4.69, 9.17) is 9.84 Å². The molecule has 2 aromatic rings. The number of hydrogen-bond acceptors (Lipinski definition) is 4. The minimum atomic E-state index is -0.832. The van der Waals surface area contributed by atoms with Gasteiger partial charge in [0.15, 0.2) is 0 Å². The lowest BCUT2D eigenvalue weighted by Crippen LogP contribution is -2.51. The van der Waals surface area contributed by atoms with Crippen molar-refractivity contribution in [2.24, 2.45) is 5.92 Å². The Morgan fingerprint density at radius 1 is 0.919 bits per heavy atom. The molecule has 198 valence electrons. The van der Waals surface area contributed by atoms with Crippen LogP contribution in [0.3, 0.4) is 0 Å². The maximum absolute atomic E-state index is 13.1. The zero-order chi connectivity index (χ0) is 26.0. The molecular weight excluding hydrogens is 470 g/mol. The molecule has 0 atom stereocenters. The highest BCUT2D eigenvalue weighted by atomic mass is 16.5. The molecule has 2 N–H and O–H groups in total. The van der Waals surface area contributed by atoms with Gasteiger partial charge in [0.1, 0.15) is 5.75 Å². The number of carbonyl (C=O) groups excluding carboxylic acids is 2. The molecule has 1 saturated carbocycles. The number of aliphatic carboxylic acids is 1. The summed E-state index contributed by atoms with van der Waals surface area (Å²) < 4.78 is 5.97. The van der Waals surface area contributed by atoms with E-state index in [1.807, 2.05) is 36.4 Å². The van der Waals surface area contributed by atoms with E-state index in [-0.39, 0.29) is 18.4 Å². The number of piperazine rings is 1. The van der Waals surface area contributed by atoms with Gasteiger partial charge in [-0.25, -0.2) is 4.79 Å². The summed E-state index contributed by atoms with van der Waals surface area (Å²) in [6.45, 7) is 2.51. The third-order valence-corrected chi connectivity index (χ3v) is 7.29. The van der Waals surface area contributed by atoms with Gasteiger partial charge in [0.05, 0.1) is 6.61 Å². The van der Waals surface area contributed by atoms with Crippen LogP contribution in [0.15, 0.2) is 48.5 Å². The van der Waals surface area contributed by atoms with Gasteiger partial charge in [0, 0.05) is 43.9 Å². The van der Waals surface area contributed by atoms with Crippen molar-refractivity contribution in [2.75, 3.05) is 38.1 Å². The van der Waals surface area contributed by atoms with Crippen molar-refractivity contribution >= 4 is 23.6 Å². The molecule has 1 aliphatic heterocycles. The van der Waals surface area contributed by atoms with E-state index in [1.54, 1.807) is 21.9 Å². The third-order valence-electron chi connectivity index (χ3n) is 7.29. The van der Waals surface area contributed by atoms with Crippen molar-refractivity contribution in [2.45, 2.75) is 51.4 Å². The molecule has 2 fully saturated rings. The number of amides is 3. The lowest BCUT2D eigenvalue weighted by molar-refractivity contribution is -0.136. The lowest BCUT2D eigenvalue weighted by atomic mass is 9.87. The molecule has 3 amide bonds. The quantitative estimate of drug-likeness (QED) is 0.495. The van der Waals surface area contributed by atoms with Gasteiger partial charge in [-0.2, -0.15) is 0 Å². The molecule has 1 aliphatic carbocycles. The van der Waals surface area contributed by atoms with Gasteiger partial charge in [-0.05, 0) is 54.7 Å². The van der Waals surface area contributed by atoms with Crippen molar-refractivity contribution in [3.05, 3.63) is 59.7 Å². The Balaban J connectivity index is 1.21. The van der Waals surface area contributed by atoms with Gasteiger partial charge in [0.2, 0.25) is 0 Å². The summed E-state index contributed by atoms with van der Waals surface area (Å²) in [6, 6.07) is 14.4. The predicted octanol–water partition coefficient (Wildman–Crippen LogP) is 5.04. The molecule has 0 radical (unpaired) electrons. The highest BCUT2D eigenvalue weighted by molar-refractivity contribution is 5.95. The van der Waals surface area contributed by atoms with Gasteiger partial charge in [-0.15, -0.1) is 0 Å². The van der Waals surface area contributed by atoms with Crippen LogP contribution >= 0.6 is 0 Å². The average Bonchev–Trinajstić information content (AvgIpc) is 2.93. The molecule has 4 rings (SSSR count). The molecule has 0 bridgehead atoms. The first-order chi connectivity index (χ1) is 18.0. The summed E-state index contributed by atoms with van der Waals surface area (Å²) in [5, 5.41) is 11.7. The average molecular weight is 508 g/mol. The number of carbonyl (C=O) groups is 3. The Morgan fingerprint density at radius 2 is 1.62 bits per heavy atom. The monoisotopic (exact) mass is 507 g/mol. The highest BCUT2D eigenvalue weighted by Crippen LogP contribution is 2.26. The molecule has 8 nitrogen and oxygen atoms in total. The topological polar surface area (TPSA) is 99.2 Å². The number of anilines is 1. The smallest absolute Gasteiger partial charge is 0.321 e. The first kappa shape index (κ1) is 26.5. The number of rotatable bonds is 9. The first-order valence-electron chi connectivity index (χ1n) is 13.4. The molecule has 0 aromatic heterocycles. The Labute approximate surface area is 218 Å². The van der Waals surface area contributed by atoms with Crippen molar-refractivity contribution in [1.82, 2.24) is 9.80 Å². The normalized spacial score (nSPS) is 16.3. The van der Waals surface area contributed by atoms with Gasteiger partial charge >= 0.3 is 12.0 Å². The molecule has 2 aliphatic rings. The molecule has 0 unspecified atom stereocenters. The van der Waals surface area contributed by atoms with E-state index in [1.165, 1.54) is 32.1 Å². The maximum atomic E-state index is 13.1. The van der Waals surface area contributed by atoms with E-state index < -0.39 is 5.97 Å². The largest absolute Gasteiger partial charge is 0.494 e. The summed E-state index contributed by atoms with van der Waals surface area (Å²) in [7, 11) is 0. The number of urea groups is 1. The summed E-state index contributed by atoms with van der Waals surface area (Å²) in [5.41, 5.74) is 2.17. The second-order valence-corrected chi connectivity index (χ2v) is 9.97. The number of nitrogens with zero attached hydrogens (tertiary/aromatic N) is 2. The molecule has 0 spiro atoms. The summed E-state index contributed by atoms with van der Waals surface area (Å²) in [4.78, 5) is 40.0. The zero-order valence-corrected chi connectivity index (χ0v) is 21.4. The van der Waals surface area contributed by atoms with Crippen LogP contribution in [0.1, 0.15) is 60.9 Å². The SMILES string of the molecule is O=C(O)CCc1ccc(NC(=O)N2CCN(C(=O)c3cccc(OCCC4CCCCC4)c3)CC2)cc1. The highest BCUT2D eigenvalue weighted by Gasteiger charge is 2.25. The van der Waals surface area contributed by atoms with Crippen LogP contribution in [0.2, 0.25) is 0 Å². The van der Waals surface area contributed by atoms with Gasteiger partial charge in [-0.3, -0.25) is 9.59 Å². The van der Waals surface area contributed by atoms with Crippen LogP contribution in [0, 0.1) is 5.92 Å². The maximum Gasteiger partial charge on any atom is 0.321 e. The van der Waals surface area contributed by atoms with Crippen molar-refractivity contribution < 1.29 is 24.2 Å². The number of hydrogen-bond donors (Lipinski definition) is 2. The van der Waals surface area contributed by atoms with E-state index in [2.05, 4.69) is 5.32 Å². The van der Waals surface area contributed by atoms with E-state index in [0.717, 1.165) is 23.7 Å². The minimum absolute atomic E-state index is 0.0465. The van der Waals surface area contributed by atoms with E-state index >= 15 is 0 Å². The fraction of sp³-hybridized carbons (Fsp3) is 0.483. The second-order valence-electron chi connectivity index (χ2n) is 9.97. The fourth-order valence-electron chi connectivity index (χ4n) is 5.04. The Morgan fingerprint density at radius 3 is 2.32 bits per heavy atom. The number of aryl methyl sites for hydroxylation is 1. The molecule has 2 aromatic carbocycles. The van der Waals surface area contributed by atoms with Crippen LogP contribution < -0.4 is 10.1 Å². The van der Waals surface area contributed by atoms with Crippen molar-refractivity contribution in [1.29, 1.82) is 0 Å². The van der Waals surface area contributed by atoms with E-state index in [0.29, 0.717) is 50.5 Å². The number of ether oxygens (including phenoxy) is 1. The van der Waals surface area contributed by atoms with Crippen LogP contribution in [0.4, 0.5) is 10.5 Å². The lowest BCUT2D eigenvalue weighted by Gasteiger charge is -2.34. The number of carboxylic acid groups (broad SMARTS) is 1. The van der Waals surface area contributed by atoms with Crippen molar-refractivity contribution in [3.8, 4) is 5.75 Å². The standard InChI is InChI=1S/C29H37N3O5/c33-27(34)14-11-23-9-12-25(13-10-23)30-29(36)32-18-16-31(17-19-32)28(35)24-7-4-8-26(21-24)37-20-15-22-5-2-1-3-6-22/h4,7-10,12-13,21-22H,1-3,5-6,11,14-20H2,(H,30,36)(H,33,34). The molecular formula is C29H37N3O5. The molecule has 1 saturated heterocycles.